The maximum absolute atomic E-state index is 9.95. The van der Waals surface area contributed by atoms with Crippen molar-refractivity contribution in [2.24, 2.45) is 0 Å². The largest absolute Gasteiger partial charge is 0.504 e. The van der Waals surface area contributed by atoms with Crippen molar-refractivity contribution < 1.29 is 9.84 Å². The van der Waals surface area contributed by atoms with E-state index in [1.165, 1.54) is 16.7 Å². The van der Waals surface area contributed by atoms with Crippen LogP contribution >= 0.6 is 0 Å². The number of hydrogen-bond donors (Lipinski definition) is 2. The minimum absolute atomic E-state index is 0.158. The molecule has 0 radical (unpaired) electrons. The molecule has 0 aliphatic carbocycles. The Hall–Kier alpha value is -3.09. The molecule has 166 valence electrons. The number of aromatic nitrogens is 1. The van der Waals surface area contributed by atoms with Gasteiger partial charge in [-0.1, -0.05) is 30.3 Å². The van der Waals surface area contributed by atoms with E-state index >= 15 is 0 Å². The van der Waals surface area contributed by atoms with E-state index in [1.54, 1.807) is 13.2 Å². The van der Waals surface area contributed by atoms with Gasteiger partial charge in [-0.05, 0) is 41.9 Å². The summed E-state index contributed by atoms with van der Waals surface area (Å²) in [5.74, 6) is 1.75. The van der Waals surface area contributed by atoms with Crippen molar-refractivity contribution in [3.05, 3.63) is 71.4 Å². The normalized spacial score (nSPS) is 18.9. The van der Waals surface area contributed by atoms with Gasteiger partial charge in [0.2, 0.25) is 0 Å². The molecule has 0 bridgehead atoms. The summed E-state index contributed by atoms with van der Waals surface area (Å²) in [5, 5.41) is 13.4. The zero-order valence-corrected chi connectivity index (χ0v) is 18.7. The molecule has 0 spiro atoms. The number of likely N-dealkylation sites (N-methyl/N-ethyl adjacent to an activating group) is 1. The highest BCUT2D eigenvalue weighted by Gasteiger charge is 2.26. The number of fused-ring (bicyclic) bond motifs is 1. The van der Waals surface area contributed by atoms with E-state index in [-0.39, 0.29) is 11.7 Å². The van der Waals surface area contributed by atoms with E-state index < -0.39 is 0 Å². The topological polar surface area (TPSA) is 60.9 Å². The minimum atomic E-state index is 0.158. The van der Waals surface area contributed by atoms with Crippen LogP contribution in [-0.2, 0) is 6.54 Å². The number of anilines is 1. The number of nitrogens with zero attached hydrogens (tertiary/aromatic N) is 3. The van der Waals surface area contributed by atoms with Gasteiger partial charge in [-0.25, -0.2) is 4.98 Å². The second-order valence-corrected chi connectivity index (χ2v) is 8.80. The summed E-state index contributed by atoms with van der Waals surface area (Å²) in [5.41, 5.74) is 5.93. The summed E-state index contributed by atoms with van der Waals surface area (Å²) in [6, 6.07) is 16.7. The molecule has 0 saturated carbocycles. The highest BCUT2D eigenvalue weighted by Crippen LogP contribution is 2.39. The number of phenolic OH excluding ortho intramolecular Hbond substituents is 1. The molecule has 32 heavy (non-hydrogen) atoms. The molecule has 1 fully saturated rings. The molecule has 5 rings (SSSR count). The van der Waals surface area contributed by atoms with Crippen molar-refractivity contribution in [2.75, 3.05) is 52.2 Å². The van der Waals surface area contributed by atoms with Crippen molar-refractivity contribution in [1.82, 2.24) is 14.8 Å². The van der Waals surface area contributed by atoms with Crippen LogP contribution in [0.15, 0.2) is 54.7 Å². The van der Waals surface area contributed by atoms with E-state index in [0.717, 1.165) is 56.2 Å². The monoisotopic (exact) mass is 430 g/mol. The van der Waals surface area contributed by atoms with Crippen LogP contribution in [0.1, 0.15) is 22.6 Å². The molecule has 2 aromatic carbocycles. The van der Waals surface area contributed by atoms with Crippen LogP contribution in [-0.4, -0.2) is 66.8 Å². The van der Waals surface area contributed by atoms with Gasteiger partial charge in [0.1, 0.15) is 5.82 Å². The second kappa shape index (κ2) is 8.81. The van der Waals surface area contributed by atoms with Crippen LogP contribution in [0.2, 0.25) is 0 Å². The molecule has 1 unspecified atom stereocenters. The van der Waals surface area contributed by atoms with Crippen molar-refractivity contribution >= 4 is 5.82 Å². The number of rotatable bonds is 5. The first-order valence-corrected chi connectivity index (χ1v) is 11.2. The number of phenols is 1. The van der Waals surface area contributed by atoms with Crippen LogP contribution < -0.4 is 10.1 Å². The maximum atomic E-state index is 9.95. The summed E-state index contributed by atoms with van der Waals surface area (Å²) in [6.45, 7) is 6.32. The van der Waals surface area contributed by atoms with Gasteiger partial charge in [0.25, 0.3) is 0 Å². The molecule has 2 aliphatic rings. The molecule has 6 heteroatoms. The van der Waals surface area contributed by atoms with Gasteiger partial charge in [0.05, 0.1) is 7.11 Å². The lowest BCUT2D eigenvalue weighted by atomic mass is 9.92. The Kier molecular flexibility index (Phi) is 5.72. The Morgan fingerprint density at radius 2 is 1.81 bits per heavy atom. The SMILES string of the molecule is COc1cc(C2CNc3ncc(-c4ccc(CN5CCN(C)CC5)cc4)cc32)ccc1O. The third-order valence-electron chi connectivity index (χ3n) is 6.66. The van der Waals surface area contributed by atoms with E-state index in [2.05, 4.69) is 57.5 Å². The van der Waals surface area contributed by atoms with Crippen molar-refractivity contribution in [1.29, 1.82) is 0 Å². The Labute approximate surface area is 189 Å². The van der Waals surface area contributed by atoms with Crippen LogP contribution in [0, 0.1) is 0 Å². The number of pyridine rings is 1. The van der Waals surface area contributed by atoms with E-state index in [1.807, 2.05) is 18.3 Å². The molecule has 3 aromatic rings. The zero-order valence-electron chi connectivity index (χ0n) is 18.7. The average molecular weight is 431 g/mol. The Bertz CT molecular complexity index is 1090. The highest BCUT2D eigenvalue weighted by molar-refractivity contribution is 5.69. The number of piperazine rings is 1. The summed E-state index contributed by atoms with van der Waals surface area (Å²) < 4.78 is 5.31. The van der Waals surface area contributed by atoms with Crippen LogP contribution in [0.25, 0.3) is 11.1 Å². The van der Waals surface area contributed by atoms with Gasteiger partial charge in [0.15, 0.2) is 11.5 Å². The molecule has 2 aliphatic heterocycles. The fourth-order valence-corrected chi connectivity index (χ4v) is 4.64. The zero-order chi connectivity index (χ0) is 22.1. The summed E-state index contributed by atoms with van der Waals surface area (Å²) in [7, 11) is 3.77. The first-order valence-electron chi connectivity index (χ1n) is 11.2. The molecule has 2 N–H and O–H groups in total. The molecule has 6 nitrogen and oxygen atoms in total. The Morgan fingerprint density at radius 3 is 2.56 bits per heavy atom. The standard InChI is InChI=1S/C26H30N4O2/c1-29-9-11-30(12-10-29)17-18-3-5-19(6-4-18)21-13-22-23(16-28-26(22)27-15-21)20-7-8-24(31)25(14-20)32-2/h3-8,13-15,23,31H,9-12,16-17H2,1-2H3,(H,27,28). The number of ether oxygens (including phenoxy) is 1. The third-order valence-corrected chi connectivity index (χ3v) is 6.66. The first kappa shape index (κ1) is 20.8. The van der Waals surface area contributed by atoms with Crippen molar-refractivity contribution in [3.63, 3.8) is 0 Å². The minimum Gasteiger partial charge on any atom is -0.504 e. The number of nitrogens with one attached hydrogen (secondary N) is 1. The number of methoxy groups -OCH3 is 1. The van der Waals surface area contributed by atoms with Gasteiger partial charge >= 0.3 is 0 Å². The van der Waals surface area contributed by atoms with Gasteiger partial charge in [0, 0.05) is 62.5 Å². The molecule has 1 aromatic heterocycles. The summed E-state index contributed by atoms with van der Waals surface area (Å²) in [6.07, 6.45) is 1.95. The van der Waals surface area contributed by atoms with Crippen LogP contribution in [0.5, 0.6) is 11.5 Å². The van der Waals surface area contributed by atoms with Gasteiger partial charge in [-0.3, -0.25) is 4.90 Å². The van der Waals surface area contributed by atoms with Crippen molar-refractivity contribution in [3.8, 4) is 22.6 Å². The predicted octanol–water partition coefficient (Wildman–Crippen LogP) is 3.77. The lowest BCUT2D eigenvalue weighted by Gasteiger charge is -2.32. The van der Waals surface area contributed by atoms with Gasteiger partial charge in [-0.2, -0.15) is 0 Å². The fraction of sp³-hybridized carbons (Fsp3) is 0.346. The molecule has 0 amide bonds. The molecular formula is C26H30N4O2. The smallest absolute Gasteiger partial charge is 0.160 e. The third kappa shape index (κ3) is 4.16. The van der Waals surface area contributed by atoms with Gasteiger partial charge in [-0.15, -0.1) is 0 Å². The number of aromatic hydroxyl groups is 1. The van der Waals surface area contributed by atoms with E-state index in [4.69, 9.17) is 4.74 Å². The Balaban J connectivity index is 1.35. The summed E-state index contributed by atoms with van der Waals surface area (Å²) >= 11 is 0. The van der Waals surface area contributed by atoms with Crippen LogP contribution in [0.3, 0.4) is 0 Å². The molecule has 1 atom stereocenters. The van der Waals surface area contributed by atoms with Gasteiger partial charge < -0.3 is 20.1 Å². The lowest BCUT2D eigenvalue weighted by Crippen LogP contribution is -2.43. The van der Waals surface area contributed by atoms with Crippen molar-refractivity contribution in [2.45, 2.75) is 12.5 Å². The quantitative estimate of drug-likeness (QED) is 0.643. The summed E-state index contributed by atoms with van der Waals surface area (Å²) in [4.78, 5) is 9.60. The number of hydrogen-bond acceptors (Lipinski definition) is 6. The molecule has 3 heterocycles. The average Bonchev–Trinajstić information content (AvgIpc) is 3.25. The Morgan fingerprint density at radius 1 is 1.03 bits per heavy atom. The highest BCUT2D eigenvalue weighted by atomic mass is 16.5. The fourth-order valence-electron chi connectivity index (χ4n) is 4.64. The molecule has 1 saturated heterocycles. The number of benzene rings is 2. The predicted molar refractivity (Wildman–Crippen MR) is 127 cm³/mol. The van der Waals surface area contributed by atoms with Crippen LogP contribution in [0.4, 0.5) is 5.82 Å². The second-order valence-electron chi connectivity index (χ2n) is 8.80. The lowest BCUT2D eigenvalue weighted by molar-refractivity contribution is 0.148. The maximum Gasteiger partial charge on any atom is 0.160 e. The first-order chi connectivity index (χ1) is 15.6. The van der Waals surface area contributed by atoms with E-state index in [9.17, 15) is 5.11 Å². The molecular weight excluding hydrogens is 400 g/mol. The van der Waals surface area contributed by atoms with E-state index in [0.29, 0.717) is 5.75 Å².